The van der Waals surface area contributed by atoms with Crippen LogP contribution in [0.15, 0.2) is 29.2 Å². The van der Waals surface area contributed by atoms with Gasteiger partial charge < -0.3 is 10.1 Å². The lowest BCUT2D eigenvalue weighted by molar-refractivity contribution is 0.199. The number of nitrogens with one attached hydrogen (secondary N) is 1. The quantitative estimate of drug-likeness (QED) is 0.554. The Kier molecular flexibility index (Phi) is 7.45. The highest BCUT2D eigenvalue weighted by molar-refractivity contribution is 8.00. The first-order chi connectivity index (χ1) is 9.01. The van der Waals surface area contributed by atoms with Crippen molar-refractivity contribution in [3.05, 3.63) is 29.8 Å². The van der Waals surface area contributed by atoms with Gasteiger partial charge in [-0.15, -0.1) is 11.8 Å². The fourth-order valence-electron chi connectivity index (χ4n) is 1.42. The average Bonchev–Trinajstić information content (AvgIpc) is 2.35. The third kappa shape index (κ3) is 8.26. The Bertz CT molecular complexity index is 457. The van der Waals surface area contributed by atoms with Crippen molar-refractivity contribution in [2.75, 3.05) is 38.0 Å². The Balaban J connectivity index is 2.31. The number of hydrogen-bond acceptors (Lipinski definition) is 5. The van der Waals surface area contributed by atoms with Gasteiger partial charge in [0.1, 0.15) is 9.84 Å². The molecule has 0 radical (unpaired) electrons. The van der Waals surface area contributed by atoms with Crippen LogP contribution in [-0.2, 0) is 21.1 Å². The predicted molar refractivity (Wildman–Crippen MR) is 80.5 cm³/mol. The molecular weight excluding hydrogens is 282 g/mol. The summed E-state index contributed by atoms with van der Waals surface area (Å²) < 4.78 is 27.0. The average molecular weight is 303 g/mol. The summed E-state index contributed by atoms with van der Waals surface area (Å²) >= 11 is 1.57. The SMILES string of the molecule is COCCNCc1ccc(SCCS(C)(=O)=O)cc1. The Hall–Kier alpha value is -0.560. The summed E-state index contributed by atoms with van der Waals surface area (Å²) in [7, 11) is -1.18. The summed E-state index contributed by atoms with van der Waals surface area (Å²) in [5, 5.41) is 3.27. The van der Waals surface area contributed by atoms with Gasteiger partial charge in [0.25, 0.3) is 0 Å². The maximum atomic E-state index is 11.0. The summed E-state index contributed by atoms with van der Waals surface area (Å²) in [5.41, 5.74) is 1.21. The highest BCUT2D eigenvalue weighted by atomic mass is 32.2. The van der Waals surface area contributed by atoms with E-state index in [1.54, 1.807) is 18.9 Å². The van der Waals surface area contributed by atoms with Crippen molar-refractivity contribution in [2.45, 2.75) is 11.4 Å². The molecule has 0 atom stereocenters. The molecule has 0 saturated carbocycles. The Morgan fingerprint density at radius 3 is 2.53 bits per heavy atom. The maximum absolute atomic E-state index is 11.0. The van der Waals surface area contributed by atoms with E-state index < -0.39 is 9.84 Å². The van der Waals surface area contributed by atoms with Crippen LogP contribution in [-0.4, -0.2) is 46.4 Å². The van der Waals surface area contributed by atoms with Gasteiger partial charge >= 0.3 is 0 Å². The zero-order chi connectivity index (χ0) is 14.1. The molecule has 1 rings (SSSR count). The Morgan fingerprint density at radius 1 is 1.26 bits per heavy atom. The lowest BCUT2D eigenvalue weighted by atomic mass is 10.2. The van der Waals surface area contributed by atoms with Crippen LogP contribution >= 0.6 is 11.8 Å². The zero-order valence-electron chi connectivity index (χ0n) is 11.4. The van der Waals surface area contributed by atoms with E-state index in [1.807, 2.05) is 12.1 Å². The number of sulfone groups is 1. The second-order valence-corrected chi connectivity index (χ2v) is 7.72. The van der Waals surface area contributed by atoms with E-state index in [4.69, 9.17) is 4.74 Å². The molecule has 1 N–H and O–H groups in total. The molecule has 0 aliphatic rings. The molecule has 0 fully saturated rings. The van der Waals surface area contributed by atoms with Gasteiger partial charge in [0.2, 0.25) is 0 Å². The fraction of sp³-hybridized carbons (Fsp3) is 0.538. The standard InChI is InChI=1S/C13H21NO3S2/c1-17-8-7-14-11-12-3-5-13(6-4-12)18-9-10-19(2,15)16/h3-6,14H,7-11H2,1-2H3. The fourth-order valence-corrected chi connectivity index (χ4v) is 3.53. The van der Waals surface area contributed by atoms with Gasteiger partial charge in [-0.25, -0.2) is 8.42 Å². The molecule has 0 amide bonds. The topological polar surface area (TPSA) is 55.4 Å². The molecule has 0 heterocycles. The van der Waals surface area contributed by atoms with Gasteiger partial charge in [-0.2, -0.15) is 0 Å². The Morgan fingerprint density at radius 2 is 1.95 bits per heavy atom. The molecule has 108 valence electrons. The van der Waals surface area contributed by atoms with E-state index in [0.29, 0.717) is 12.4 Å². The molecule has 0 bridgehead atoms. The van der Waals surface area contributed by atoms with Gasteiger partial charge in [0.15, 0.2) is 0 Å². The first-order valence-electron chi connectivity index (χ1n) is 6.10. The largest absolute Gasteiger partial charge is 0.383 e. The predicted octanol–water partition coefficient (Wildman–Crippen LogP) is 1.56. The van der Waals surface area contributed by atoms with Crippen molar-refractivity contribution in [3.8, 4) is 0 Å². The number of rotatable bonds is 9. The van der Waals surface area contributed by atoms with Crippen molar-refractivity contribution >= 4 is 21.6 Å². The molecule has 0 spiro atoms. The van der Waals surface area contributed by atoms with E-state index in [-0.39, 0.29) is 5.75 Å². The van der Waals surface area contributed by atoms with Crippen LogP contribution < -0.4 is 5.32 Å². The molecule has 0 aliphatic carbocycles. The van der Waals surface area contributed by atoms with Gasteiger partial charge in [0, 0.05) is 37.1 Å². The van der Waals surface area contributed by atoms with E-state index in [0.717, 1.165) is 18.0 Å². The molecular formula is C13H21NO3S2. The minimum absolute atomic E-state index is 0.220. The van der Waals surface area contributed by atoms with Gasteiger partial charge in [0.05, 0.1) is 12.4 Å². The van der Waals surface area contributed by atoms with Crippen molar-refractivity contribution in [3.63, 3.8) is 0 Å². The van der Waals surface area contributed by atoms with Gasteiger partial charge in [-0.1, -0.05) is 12.1 Å². The lowest BCUT2D eigenvalue weighted by Gasteiger charge is -2.05. The molecule has 4 nitrogen and oxygen atoms in total. The number of thioether (sulfide) groups is 1. The lowest BCUT2D eigenvalue weighted by Crippen LogP contribution is -2.18. The van der Waals surface area contributed by atoms with E-state index in [2.05, 4.69) is 17.4 Å². The number of benzene rings is 1. The molecule has 1 aromatic carbocycles. The molecule has 6 heteroatoms. The van der Waals surface area contributed by atoms with Crippen molar-refractivity contribution in [1.82, 2.24) is 5.32 Å². The van der Waals surface area contributed by atoms with Crippen LogP contribution in [0.4, 0.5) is 0 Å². The third-order valence-corrected chi connectivity index (χ3v) is 4.68. The smallest absolute Gasteiger partial charge is 0.148 e. The molecule has 0 aliphatic heterocycles. The van der Waals surface area contributed by atoms with Crippen LogP contribution in [0, 0.1) is 0 Å². The van der Waals surface area contributed by atoms with E-state index in [1.165, 1.54) is 11.8 Å². The minimum Gasteiger partial charge on any atom is -0.383 e. The van der Waals surface area contributed by atoms with E-state index >= 15 is 0 Å². The van der Waals surface area contributed by atoms with Crippen molar-refractivity contribution < 1.29 is 13.2 Å². The first kappa shape index (κ1) is 16.5. The monoisotopic (exact) mass is 303 g/mol. The molecule has 0 unspecified atom stereocenters. The number of ether oxygens (including phenoxy) is 1. The van der Waals surface area contributed by atoms with Crippen LogP contribution in [0.2, 0.25) is 0 Å². The van der Waals surface area contributed by atoms with Crippen molar-refractivity contribution in [2.24, 2.45) is 0 Å². The molecule has 0 saturated heterocycles. The first-order valence-corrected chi connectivity index (χ1v) is 9.15. The summed E-state index contributed by atoms with van der Waals surface area (Å²) in [6.07, 6.45) is 1.27. The van der Waals surface area contributed by atoms with Crippen LogP contribution in [0.25, 0.3) is 0 Å². The highest BCUT2D eigenvalue weighted by Crippen LogP contribution is 2.18. The van der Waals surface area contributed by atoms with E-state index in [9.17, 15) is 8.42 Å². The van der Waals surface area contributed by atoms with Gasteiger partial charge in [-0.05, 0) is 17.7 Å². The number of methoxy groups -OCH3 is 1. The second-order valence-electron chi connectivity index (χ2n) is 4.29. The highest BCUT2D eigenvalue weighted by Gasteiger charge is 2.02. The molecule has 1 aromatic rings. The summed E-state index contributed by atoms with van der Waals surface area (Å²) in [5.74, 6) is 0.822. The van der Waals surface area contributed by atoms with Crippen LogP contribution in [0.5, 0.6) is 0 Å². The second kappa shape index (κ2) is 8.58. The summed E-state index contributed by atoms with van der Waals surface area (Å²) in [4.78, 5) is 1.10. The molecule has 19 heavy (non-hydrogen) atoms. The Labute approximate surface area is 119 Å². The number of hydrogen-bond donors (Lipinski definition) is 1. The maximum Gasteiger partial charge on any atom is 0.148 e. The van der Waals surface area contributed by atoms with Crippen LogP contribution in [0.1, 0.15) is 5.56 Å². The zero-order valence-corrected chi connectivity index (χ0v) is 13.0. The minimum atomic E-state index is -2.86. The van der Waals surface area contributed by atoms with Gasteiger partial charge in [-0.3, -0.25) is 0 Å². The van der Waals surface area contributed by atoms with Crippen molar-refractivity contribution in [1.29, 1.82) is 0 Å². The third-order valence-electron chi connectivity index (χ3n) is 2.46. The normalized spacial score (nSPS) is 11.7. The summed E-state index contributed by atoms with van der Waals surface area (Å²) in [6, 6.07) is 8.17. The van der Waals surface area contributed by atoms with Crippen LogP contribution in [0.3, 0.4) is 0 Å². The molecule has 0 aromatic heterocycles. The summed E-state index contributed by atoms with van der Waals surface area (Å²) in [6.45, 7) is 2.36.